The molecule has 0 aliphatic heterocycles. The molecule has 0 N–H and O–H groups in total. The van der Waals surface area contributed by atoms with Crippen molar-refractivity contribution in [3.05, 3.63) is 214 Å². The Balaban J connectivity index is 1.03. The second kappa shape index (κ2) is 15.7. The summed E-state index contributed by atoms with van der Waals surface area (Å²) in [6.07, 6.45) is 8.70. The van der Waals surface area contributed by atoms with Crippen molar-refractivity contribution in [3.8, 4) is 0 Å². The summed E-state index contributed by atoms with van der Waals surface area (Å²) in [5, 5.41) is 0. The van der Waals surface area contributed by atoms with E-state index in [0.29, 0.717) is 0 Å². The van der Waals surface area contributed by atoms with Crippen LogP contribution >= 0.6 is 0 Å². The number of hydrogen-bond acceptors (Lipinski definition) is 2. The van der Waals surface area contributed by atoms with Gasteiger partial charge >= 0.3 is 0 Å². The summed E-state index contributed by atoms with van der Waals surface area (Å²) in [4.78, 5) is 4.64. The van der Waals surface area contributed by atoms with Gasteiger partial charge in [-0.15, -0.1) is 0 Å². The average molecular weight is 673 g/mol. The maximum atomic E-state index is 2.32. The Morgan fingerprint density at radius 2 is 0.500 bits per heavy atom. The molecule has 0 radical (unpaired) electrons. The van der Waals surface area contributed by atoms with Gasteiger partial charge in [-0.2, -0.15) is 0 Å². The lowest BCUT2D eigenvalue weighted by Crippen LogP contribution is -2.10. The van der Waals surface area contributed by atoms with Crippen molar-refractivity contribution in [2.24, 2.45) is 0 Å². The Hall–Kier alpha value is -6.38. The van der Waals surface area contributed by atoms with Crippen LogP contribution in [-0.2, 0) is 0 Å². The van der Waals surface area contributed by atoms with Gasteiger partial charge in [-0.1, -0.05) is 121 Å². The smallest absolute Gasteiger partial charge is 0.0464 e. The van der Waals surface area contributed by atoms with E-state index in [9.17, 15) is 0 Å². The Kier molecular flexibility index (Phi) is 10.3. The molecule has 2 nitrogen and oxygen atoms in total. The molecule has 0 amide bonds. The number of hydrogen-bond donors (Lipinski definition) is 0. The maximum absolute atomic E-state index is 2.32. The molecule has 0 heterocycles. The summed E-state index contributed by atoms with van der Waals surface area (Å²) in [5.41, 5.74) is 16.5. The van der Waals surface area contributed by atoms with Gasteiger partial charge in [0, 0.05) is 34.1 Å². The molecule has 0 aliphatic carbocycles. The van der Waals surface area contributed by atoms with Crippen molar-refractivity contribution in [3.63, 3.8) is 0 Å². The van der Waals surface area contributed by atoms with Crippen molar-refractivity contribution in [1.29, 1.82) is 0 Å². The number of aryl methyl sites for hydroxylation is 4. The number of anilines is 6. The van der Waals surface area contributed by atoms with Crippen LogP contribution in [0.25, 0.3) is 24.3 Å². The van der Waals surface area contributed by atoms with Crippen LogP contribution in [0.3, 0.4) is 0 Å². The first kappa shape index (κ1) is 34.1. The highest BCUT2D eigenvalue weighted by molar-refractivity contribution is 5.80. The normalized spacial score (nSPS) is 11.3. The molecule has 0 fully saturated rings. The molecule has 7 aromatic rings. The van der Waals surface area contributed by atoms with E-state index in [0.717, 1.165) is 45.3 Å². The van der Waals surface area contributed by atoms with Crippen LogP contribution in [0.4, 0.5) is 34.1 Å². The molecule has 0 aromatic heterocycles. The van der Waals surface area contributed by atoms with E-state index in [-0.39, 0.29) is 0 Å². The van der Waals surface area contributed by atoms with Gasteiger partial charge in [0.1, 0.15) is 0 Å². The van der Waals surface area contributed by atoms with Gasteiger partial charge in [0.15, 0.2) is 0 Å². The minimum absolute atomic E-state index is 1.13. The fourth-order valence-corrected chi connectivity index (χ4v) is 6.53. The van der Waals surface area contributed by atoms with Crippen LogP contribution in [0.5, 0.6) is 0 Å². The van der Waals surface area contributed by atoms with Crippen molar-refractivity contribution < 1.29 is 0 Å². The largest absolute Gasteiger partial charge is 0.310 e. The van der Waals surface area contributed by atoms with Crippen LogP contribution in [0.15, 0.2) is 170 Å². The summed E-state index contributed by atoms with van der Waals surface area (Å²) < 4.78 is 0. The Bertz CT molecular complexity index is 2070. The molecule has 7 aromatic carbocycles. The third-order valence-electron chi connectivity index (χ3n) is 9.21. The predicted octanol–water partition coefficient (Wildman–Crippen LogP) is 14.2. The molecule has 0 spiro atoms. The zero-order chi connectivity index (χ0) is 35.9. The van der Waals surface area contributed by atoms with E-state index >= 15 is 0 Å². The lowest BCUT2D eigenvalue weighted by Gasteiger charge is -2.26. The number of benzene rings is 7. The average Bonchev–Trinajstić information content (AvgIpc) is 3.15. The molecule has 7 rings (SSSR count). The van der Waals surface area contributed by atoms with E-state index in [1.807, 2.05) is 0 Å². The van der Waals surface area contributed by atoms with Gasteiger partial charge in [-0.05, 0) is 145 Å². The van der Waals surface area contributed by atoms with Gasteiger partial charge in [0.25, 0.3) is 0 Å². The van der Waals surface area contributed by atoms with Crippen LogP contribution in [0.1, 0.15) is 44.5 Å². The highest BCUT2D eigenvalue weighted by Gasteiger charge is 2.14. The van der Waals surface area contributed by atoms with Gasteiger partial charge in [-0.3, -0.25) is 0 Å². The van der Waals surface area contributed by atoms with Gasteiger partial charge in [-0.25, -0.2) is 0 Å². The van der Waals surface area contributed by atoms with Crippen molar-refractivity contribution in [1.82, 2.24) is 0 Å². The summed E-state index contributed by atoms with van der Waals surface area (Å²) in [6, 6.07) is 60.9. The zero-order valence-corrected chi connectivity index (χ0v) is 30.4. The topological polar surface area (TPSA) is 6.48 Å². The van der Waals surface area contributed by atoms with E-state index in [1.54, 1.807) is 0 Å². The maximum Gasteiger partial charge on any atom is 0.0464 e. The summed E-state index contributed by atoms with van der Waals surface area (Å²) in [7, 11) is 0. The first-order valence-corrected chi connectivity index (χ1v) is 17.9. The van der Waals surface area contributed by atoms with Gasteiger partial charge in [0.2, 0.25) is 0 Å². The van der Waals surface area contributed by atoms with Crippen molar-refractivity contribution >= 4 is 58.4 Å². The first-order valence-electron chi connectivity index (χ1n) is 17.9. The zero-order valence-electron chi connectivity index (χ0n) is 30.4. The monoisotopic (exact) mass is 672 g/mol. The summed E-state index contributed by atoms with van der Waals surface area (Å²) in [6.45, 7) is 8.56. The van der Waals surface area contributed by atoms with Crippen LogP contribution < -0.4 is 9.80 Å². The minimum Gasteiger partial charge on any atom is -0.310 e. The molecule has 0 saturated carbocycles. The minimum atomic E-state index is 1.13. The van der Waals surface area contributed by atoms with Crippen LogP contribution in [0, 0.1) is 27.7 Å². The van der Waals surface area contributed by atoms with E-state index < -0.39 is 0 Å². The Morgan fingerprint density at radius 3 is 0.731 bits per heavy atom. The molecule has 254 valence electrons. The van der Waals surface area contributed by atoms with Gasteiger partial charge in [0.05, 0.1) is 0 Å². The van der Waals surface area contributed by atoms with Crippen LogP contribution in [0.2, 0.25) is 0 Å². The van der Waals surface area contributed by atoms with Gasteiger partial charge < -0.3 is 9.80 Å². The molecular formula is C50H44N2. The highest BCUT2D eigenvalue weighted by atomic mass is 15.1. The molecule has 0 atom stereocenters. The molecule has 0 bridgehead atoms. The van der Waals surface area contributed by atoms with Crippen LogP contribution in [-0.4, -0.2) is 0 Å². The highest BCUT2D eigenvalue weighted by Crippen LogP contribution is 2.37. The van der Waals surface area contributed by atoms with Crippen molar-refractivity contribution in [2.45, 2.75) is 27.7 Å². The Morgan fingerprint density at radius 1 is 0.269 bits per heavy atom. The predicted molar refractivity (Wildman–Crippen MR) is 225 cm³/mol. The lowest BCUT2D eigenvalue weighted by atomic mass is 10.1. The van der Waals surface area contributed by atoms with Crippen molar-refractivity contribution in [2.75, 3.05) is 9.80 Å². The summed E-state index contributed by atoms with van der Waals surface area (Å²) >= 11 is 0. The fraction of sp³-hybridized carbons (Fsp3) is 0.0800. The molecular weight excluding hydrogens is 629 g/mol. The Labute approximate surface area is 309 Å². The van der Waals surface area contributed by atoms with E-state index in [4.69, 9.17) is 0 Å². The quantitative estimate of drug-likeness (QED) is 0.133. The summed E-state index contributed by atoms with van der Waals surface area (Å²) in [5.74, 6) is 0. The number of rotatable bonds is 10. The number of nitrogens with zero attached hydrogens (tertiary/aromatic N) is 2. The third kappa shape index (κ3) is 8.31. The standard InChI is InChI=1S/C50H44N2/c1-37-9-5-13-47(33-37)51(48-14-6-10-38(2)34-48)45-29-25-43(26-30-45)23-21-41-17-19-42(20-18-41)22-24-44-27-31-46(32-28-44)52(49-15-7-11-39(3)35-49)50-16-8-12-40(4)36-50/h5-36H,1-4H3/b23-21-,24-22-. The SMILES string of the molecule is Cc1cccc(N(c2ccc(/C=C\c3ccc(/C=C\c4ccc(N(c5cccc(C)c5)c5cccc(C)c5)cc4)cc3)cc2)c2cccc(C)c2)c1. The second-order valence-electron chi connectivity index (χ2n) is 13.5. The second-order valence-corrected chi connectivity index (χ2v) is 13.5. The molecule has 0 saturated heterocycles. The molecule has 0 aliphatic rings. The third-order valence-corrected chi connectivity index (χ3v) is 9.21. The van der Waals surface area contributed by atoms with E-state index in [2.05, 4.69) is 232 Å². The lowest BCUT2D eigenvalue weighted by molar-refractivity contribution is 1.26. The fourth-order valence-electron chi connectivity index (χ4n) is 6.53. The molecule has 2 heteroatoms. The van der Waals surface area contributed by atoms with E-state index in [1.165, 1.54) is 33.4 Å². The molecule has 0 unspecified atom stereocenters. The molecule has 52 heavy (non-hydrogen) atoms. The first-order chi connectivity index (χ1) is 25.4.